The van der Waals surface area contributed by atoms with E-state index in [1.54, 1.807) is 71.2 Å². The molecule has 42 atom stereocenters. The van der Waals surface area contributed by atoms with Crippen LogP contribution in [0.3, 0.4) is 0 Å². The first kappa shape index (κ1) is 82.7. The summed E-state index contributed by atoms with van der Waals surface area (Å²) < 4.78 is 0. The van der Waals surface area contributed by atoms with Gasteiger partial charge in [0.05, 0.1) is 23.7 Å². The highest BCUT2D eigenvalue weighted by atomic mass is 16.2. The van der Waals surface area contributed by atoms with E-state index < -0.39 is 0 Å². The minimum atomic E-state index is -0.192. The van der Waals surface area contributed by atoms with E-state index in [-0.39, 0.29) is 59.1 Å². The van der Waals surface area contributed by atoms with Gasteiger partial charge in [0, 0.05) is 14.1 Å². The Morgan fingerprint density at radius 1 is 0.276 bits per heavy atom. The Hall–Kier alpha value is -3.28. The maximum Gasteiger partial charge on any atom is 0.233 e. The van der Waals surface area contributed by atoms with Crippen molar-refractivity contribution in [2.45, 2.75) is 258 Å². The largest absolute Gasteiger partial charge is 0.285 e. The predicted molar refractivity (Wildman–Crippen MR) is 440 cm³/mol. The third-order valence-corrected chi connectivity index (χ3v) is 37.1. The van der Waals surface area contributed by atoms with Crippen LogP contribution in [-0.4, -0.2) is 47.5 Å². The second-order valence-electron chi connectivity index (χ2n) is 41.0. The summed E-state index contributed by atoms with van der Waals surface area (Å²) in [5.41, 5.74) is 0. The fourth-order valence-electron chi connectivity index (χ4n) is 31.2. The number of nitrogens with zero attached hydrogens (tertiary/aromatic N) is 2. The third kappa shape index (κ3) is 15.4. The zero-order valence-corrected chi connectivity index (χ0v) is 70.7. The van der Waals surface area contributed by atoms with Crippen LogP contribution in [-0.2, 0) is 19.2 Å². The Bertz CT molecular complexity index is 2920. The molecular weight excluding hydrogens is 1280 g/mol. The molecule has 0 radical (unpaired) electrons. The summed E-state index contributed by atoms with van der Waals surface area (Å²) in [4.78, 5) is 50.2. The van der Waals surface area contributed by atoms with Crippen LogP contribution >= 0.6 is 0 Å². The summed E-state index contributed by atoms with van der Waals surface area (Å²) >= 11 is 0. The molecule has 590 valence electrons. The molecule has 16 saturated carbocycles. The molecule has 18 aliphatic rings. The molecule has 2 heterocycles. The summed E-state index contributed by atoms with van der Waals surface area (Å²) in [7, 11) is 3.19. The molecule has 2 aliphatic heterocycles. The number of hydrogen-bond donors (Lipinski definition) is 0. The van der Waals surface area contributed by atoms with Crippen molar-refractivity contribution in [2.24, 2.45) is 249 Å². The van der Waals surface area contributed by atoms with Gasteiger partial charge in [0.25, 0.3) is 0 Å². The molecule has 2 saturated heterocycles. The van der Waals surface area contributed by atoms with Gasteiger partial charge in [0.1, 0.15) is 0 Å². The molecule has 6 nitrogen and oxygen atoms in total. The number of allylic oxidation sites excluding steroid dienone is 6. The van der Waals surface area contributed by atoms with Gasteiger partial charge in [0.15, 0.2) is 0 Å². The molecule has 0 aromatic rings. The van der Waals surface area contributed by atoms with Gasteiger partial charge in [-0.3, -0.25) is 29.0 Å². The highest BCUT2D eigenvalue weighted by molar-refractivity contribution is 6.06. The smallest absolute Gasteiger partial charge is 0.233 e. The van der Waals surface area contributed by atoms with Gasteiger partial charge in [-0.05, 0) is 334 Å². The summed E-state index contributed by atoms with van der Waals surface area (Å²) in [6.07, 6.45) is 44.4. The van der Waals surface area contributed by atoms with Crippen LogP contribution in [0.1, 0.15) is 258 Å². The quantitative estimate of drug-likeness (QED) is 0.111. The van der Waals surface area contributed by atoms with Gasteiger partial charge in [-0.15, -0.1) is 39.5 Å². The van der Waals surface area contributed by atoms with Crippen LogP contribution in [0.25, 0.3) is 0 Å². The second-order valence-corrected chi connectivity index (χ2v) is 41.0. The van der Waals surface area contributed by atoms with Crippen molar-refractivity contribution >= 4 is 23.6 Å². The van der Waals surface area contributed by atoms with Gasteiger partial charge in [-0.25, -0.2) is 0 Å². The minimum absolute atomic E-state index is 0.00236. The Morgan fingerprint density at radius 3 is 1.09 bits per heavy atom. The Balaban J connectivity index is 0.000000121. The van der Waals surface area contributed by atoms with E-state index >= 15 is 0 Å². The topological polar surface area (TPSA) is 74.8 Å². The number of rotatable bonds is 12. The molecule has 0 N–H and O–H groups in total. The highest BCUT2D eigenvalue weighted by Crippen LogP contribution is 2.72. The van der Waals surface area contributed by atoms with Crippen molar-refractivity contribution in [3.05, 3.63) is 75.9 Å². The zero-order valence-electron chi connectivity index (χ0n) is 70.7. The maximum absolute atomic E-state index is 11.9. The van der Waals surface area contributed by atoms with Crippen molar-refractivity contribution in [1.82, 2.24) is 9.80 Å². The molecule has 18 rings (SSSR count). The Morgan fingerprint density at radius 2 is 0.667 bits per heavy atom. The lowest BCUT2D eigenvalue weighted by Crippen LogP contribution is -2.38. The number of likely N-dealkylation sites (tertiary alicyclic amines) is 2. The lowest BCUT2D eigenvalue weighted by molar-refractivity contribution is -0.140. The van der Waals surface area contributed by atoms with E-state index in [9.17, 15) is 19.2 Å². The fraction of sp³-hybridized carbons (Fsp3) is 0.838. The fourth-order valence-corrected chi connectivity index (χ4v) is 31.2. The van der Waals surface area contributed by atoms with Crippen LogP contribution in [0.15, 0.2) is 75.9 Å². The number of fused-ring (bicyclic) bond motifs is 23. The van der Waals surface area contributed by atoms with Crippen LogP contribution < -0.4 is 0 Å². The van der Waals surface area contributed by atoms with Crippen LogP contribution in [0.2, 0.25) is 0 Å². The van der Waals surface area contributed by atoms with Crippen molar-refractivity contribution < 1.29 is 19.2 Å². The number of imide groups is 2. The molecule has 0 aromatic carbocycles. The lowest BCUT2D eigenvalue weighted by Gasteiger charge is -2.43. The summed E-state index contributed by atoms with van der Waals surface area (Å²) in [6.45, 7) is 61.6. The van der Waals surface area contributed by atoms with Gasteiger partial charge in [-0.2, -0.15) is 0 Å². The first-order chi connectivity index (χ1) is 50.2. The van der Waals surface area contributed by atoms with Gasteiger partial charge >= 0.3 is 0 Å². The van der Waals surface area contributed by atoms with Crippen LogP contribution in [0, 0.1) is 249 Å². The van der Waals surface area contributed by atoms with E-state index in [0.29, 0.717) is 11.8 Å². The Kier molecular flexibility index (Phi) is 27.4. The first-order valence-corrected chi connectivity index (χ1v) is 45.6. The molecule has 105 heavy (non-hydrogen) atoms. The average molecular weight is 1440 g/mol. The number of carbonyl (C=O) groups excluding carboxylic acids is 4. The van der Waals surface area contributed by atoms with E-state index in [0.717, 1.165) is 215 Å². The maximum atomic E-state index is 11.9. The van der Waals surface area contributed by atoms with Gasteiger partial charge in [0.2, 0.25) is 23.6 Å². The molecule has 0 spiro atoms. The molecule has 42 unspecified atom stereocenters. The second kappa shape index (κ2) is 34.8. The van der Waals surface area contributed by atoms with Crippen molar-refractivity contribution in [2.75, 3.05) is 14.1 Å². The monoisotopic (exact) mass is 1440 g/mol. The molecule has 4 amide bonds. The SMILES string of the molecule is C=CC1CC(C)C(C=C)C1.C=CC1CC(C=C)C2C(=O)N(C)C(=O)C12.C=CC1CC(C=C)C2C3CC(CC3C)C12.CC1CC2CC1C(C)C2C.CC1CC2CC1C1C3CC(C(C)C3C)C21.CCC1CC(C)C(CC)C1.CCC1CC(CC)C2C(=O)N(C)C(=O)C12.CCC1CC(CC)C2C3CC(CC3C)C12. The lowest BCUT2D eigenvalue weighted by atomic mass is 9.62. The average Bonchev–Trinajstić information content (AvgIpc) is 1.54. The predicted octanol–water partition coefficient (Wildman–Crippen LogP) is 24.4. The minimum Gasteiger partial charge on any atom is -0.285 e. The first-order valence-electron chi connectivity index (χ1n) is 45.6. The molecule has 6 heteroatoms. The van der Waals surface area contributed by atoms with Crippen molar-refractivity contribution in [3.63, 3.8) is 0 Å². The number of hydrogen-bond acceptors (Lipinski definition) is 4. The Labute approximate surface area is 645 Å². The molecule has 16 aliphatic carbocycles. The van der Waals surface area contributed by atoms with E-state index in [1.165, 1.54) is 98.7 Å². The summed E-state index contributed by atoms with van der Waals surface area (Å²) in [5, 5.41) is 0. The summed E-state index contributed by atoms with van der Waals surface area (Å²) in [6, 6.07) is 0. The van der Waals surface area contributed by atoms with Crippen LogP contribution in [0.4, 0.5) is 0 Å². The number of carbonyl (C=O) groups is 4. The standard InChI is InChI=1S/C15H24.C15H26.C15H22.C12H19NO2.C12H15NO2.C10H18.C10H20.C10H16/c1-7-4-10-5-11(7)15-13-6-12(14(10)15)8(2)9(13)3;2*1-4-10-7-11(5-2)15-13-8-12(14(10)15)6-9(13)3;2*1-4-7-6-8(5-2)10-9(7)11(14)13(3)12(10)15;1-6-4-9-5-10(6)8(3)7(9)2;2*1-4-9-6-8(3)10(5-2)7-9/h7-15H,4-6H2,1-3H3;9-15H,4-8H2,1-3H3;4-5,9-15H,1-2,6-8H2,3H3;7-10H,4-6H2,1-3H3;4-5,7-10H,1-2,6H2,3H3;6-10H,4-5H2,1-3H3;8-10H,4-7H2,1-3H3;4-5,8-10H,1-2,6-7H2,3H3. The van der Waals surface area contributed by atoms with Crippen LogP contribution in [0.5, 0.6) is 0 Å². The molecular formula is C99H160N2O4. The molecule has 18 fully saturated rings. The van der Waals surface area contributed by atoms with Gasteiger partial charge in [-0.1, -0.05) is 186 Å². The molecule has 0 aromatic heterocycles. The third-order valence-electron chi connectivity index (χ3n) is 37.1. The number of amides is 4. The van der Waals surface area contributed by atoms with E-state index in [2.05, 4.69) is 175 Å². The zero-order chi connectivity index (χ0) is 76.2. The molecule has 10 bridgehead atoms. The van der Waals surface area contributed by atoms with Crippen molar-refractivity contribution in [3.8, 4) is 0 Å². The summed E-state index contributed by atoms with van der Waals surface area (Å²) in [5.74, 6) is 35.8. The van der Waals surface area contributed by atoms with Crippen molar-refractivity contribution in [1.29, 1.82) is 0 Å². The van der Waals surface area contributed by atoms with E-state index in [1.807, 2.05) is 0 Å². The van der Waals surface area contributed by atoms with E-state index in [4.69, 9.17) is 0 Å². The highest BCUT2D eigenvalue weighted by Gasteiger charge is 2.66. The van der Waals surface area contributed by atoms with Gasteiger partial charge < -0.3 is 0 Å². The normalized spacial score (nSPS) is 51.0.